The van der Waals surface area contributed by atoms with Crippen molar-refractivity contribution in [1.29, 1.82) is 0 Å². The van der Waals surface area contributed by atoms with Gasteiger partial charge in [0.15, 0.2) is 6.61 Å². The summed E-state index contributed by atoms with van der Waals surface area (Å²) in [6.45, 7) is 3.80. The summed E-state index contributed by atoms with van der Waals surface area (Å²) in [5.41, 5.74) is 4.05. The lowest BCUT2D eigenvalue weighted by Crippen LogP contribution is -2.25. The summed E-state index contributed by atoms with van der Waals surface area (Å²) >= 11 is 3.44. The fourth-order valence-corrected chi connectivity index (χ4v) is 2.85. The van der Waals surface area contributed by atoms with E-state index in [0.717, 1.165) is 26.7 Å². The maximum Gasteiger partial charge on any atom is 0.278 e. The van der Waals surface area contributed by atoms with Gasteiger partial charge in [-0.15, -0.1) is 0 Å². The standard InChI is InChI=1S/C21H21BrN4O3/c1-13(2)20-24-18-9-6-15(22)10-17(18)21(25-20)29-12-19(27)26-23-11-14-4-7-16(28-3)8-5-14/h4-11,13H,12H2,1-3H3,(H,26,27)/b23-11+. The fraction of sp³-hybridized carbons (Fsp3) is 0.238. The number of methoxy groups -OCH3 is 1. The summed E-state index contributed by atoms with van der Waals surface area (Å²) in [6.07, 6.45) is 1.55. The zero-order chi connectivity index (χ0) is 20.8. The molecule has 0 spiro atoms. The summed E-state index contributed by atoms with van der Waals surface area (Å²) in [5, 5.41) is 4.68. The van der Waals surface area contributed by atoms with Crippen LogP contribution in [-0.2, 0) is 4.79 Å². The molecule has 0 aliphatic rings. The van der Waals surface area contributed by atoms with Crippen molar-refractivity contribution in [3.63, 3.8) is 0 Å². The second-order valence-corrected chi connectivity index (χ2v) is 7.47. The number of rotatable bonds is 7. The molecule has 7 nitrogen and oxygen atoms in total. The number of benzene rings is 2. The molecule has 8 heteroatoms. The number of ether oxygens (including phenoxy) is 2. The Kier molecular flexibility index (Phi) is 6.77. The predicted molar refractivity (Wildman–Crippen MR) is 116 cm³/mol. The molecule has 0 unspecified atom stereocenters. The quantitative estimate of drug-likeness (QED) is 0.427. The third-order valence-electron chi connectivity index (χ3n) is 4.02. The predicted octanol–water partition coefficient (Wildman–Crippen LogP) is 4.05. The first-order chi connectivity index (χ1) is 14.0. The highest BCUT2D eigenvalue weighted by Gasteiger charge is 2.13. The Bertz CT molecular complexity index is 1040. The van der Waals surface area contributed by atoms with Gasteiger partial charge in [-0.2, -0.15) is 10.1 Å². The molecule has 2 aromatic carbocycles. The van der Waals surface area contributed by atoms with Crippen LogP contribution in [-0.4, -0.2) is 35.8 Å². The van der Waals surface area contributed by atoms with Gasteiger partial charge in [0, 0.05) is 10.4 Å². The van der Waals surface area contributed by atoms with Gasteiger partial charge in [-0.3, -0.25) is 4.79 Å². The second kappa shape index (κ2) is 9.47. The number of fused-ring (bicyclic) bond motifs is 1. The van der Waals surface area contributed by atoms with Crippen LogP contribution in [0.25, 0.3) is 10.9 Å². The van der Waals surface area contributed by atoms with E-state index in [2.05, 4.69) is 36.4 Å². The Balaban J connectivity index is 1.66. The van der Waals surface area contributed by atoms with Crippen LogP contribution in [0.3, 0.4) is 0 Å². The Hall–Kier alpha value is -3.00. The topological polar surface area (TPSA) is 85.7 Å². The molecular formula is C21H21BrN4O3. The Labute approximate surface area is 177 Å². The number of halogens is 1. The van der Waals surface area contributed by atoms with Crippen LogP contribution < -0.4 is 14.9 Å². The molecule has 0 aliphatic heterocycles. The molecule has 0 fully saturated rings. The van der Waals surface area contributed by atoms with Crippen LogP contribution in [0, 0.1) is 0 Å². The number of carbonyl (C=O) groups is 1. The maximum absolute atomic E-state index is 12.1. The zero-order valence-electron chi connectivity index (χ0n) is 16.3. The maximum atomic E-state index is 12.1. The number of nitrogens with one attached hydrogen (secondary N) is 1. The third-order valence-corrected chi connectivity index (χ3v) is 4.51. The molecule has 150 valence electrons. The van der Waals surface area contributed by atoms with Crippen molar-refractivity contribution < 1.29 is 14.3 Å². The smallest absolute Gasteiger partial charge is 0.278 e. The van der Waals surface area contributed by atoms with E-state index in [0.29, 0.717) is 11.7 Å². The summed E-state index contributed by atoms with van der Waals surface area (Å²) in [7, 11) is 1.60. The number of hydrogen-bond acceptors (Lipinski definition) is 6. The zero-order valence-corrected chi connectivity index (χ0v) is 17.9. The van der Waals surface area contributed by atoms with E-state index in [4.69, 9.17) is 9.47 Å². The van der Waals surface area contributed by atoms with E-state index in [-0.39, 0.29) is 18.4 Å². The van der Waals surface area contributed by atoms with Gasteiger partial charge in [0.25, 0.3) is 5.91 Å². The summed E-state index contributed by atoms with van der Waals surface area (Å²) < 4.78 is 11.7. The molecule has 0 bridgehead atoms. The van der Waals surface area contributed by atoms with Crippen molar-refractivity contribution in [1.82, 2.24) is 15.4 Å². The van der Waals surface area contributed by atoms with Gasteiger partial charge in [0.2, 0.25) is 5.88 Å². The van der Waals surface area contributed by atoms with E-state index in [9.17, 15) is 4.79 Å². The monoisotopic (exact) mass is 456 g/mol. The molecule has 3 aromatic rings. The first-order valence-corrected chi connectivity index (χ1v) is 9.81. The number of carbonyl (C=O) groups excluding carboxylic acids is 1. The minimum Gasteiger partial charge on any atom is -0.497 e. The van der Waals surface area contributed by atoms with Crippen molar-refractivity contribution in [2.75, 3.05) is 13.7 Å². The van der Waals surface area contributed by atoms with Crippen LogP contribution in [0.15, 0.2) is 52.0 Å². The summed E-state index contributed by atoms with van der Waals surface area (Å²) in [6, 6.07) is 13.0. The first-order valence-electron chi connectivity index (χ1n) is 9.02. The van der Waals surface area contributed by atoms with E-state index in [1.54, 1.807) is 13.3 Å². The molecule has 1 amide bonds. The van der Waals surface area contributed by atoms with Crippen molar-refractivity contribution in [3.8, 4) is 11.6 Å². The van der Waals surface area contributed by atoms with Gasteiger partial charge in [0.05, 0.1) is 24.2 Å². The lowest BCUT2D eigenvalue weighted by molar-refractivity contribution is -0.123. The minimum atomic E-state index is -0.386. The minimum absolute atomic E-state index is 0.133. The van der Waals surface area contributed by atoms with Crippen LogP contribution in [0.5, 0.6) is 11.6 Å². The fourth-order valence-electron chi connectivity index (χ4n) is 2.49. The average Bonchev–Trinajstić information content (AvgIpc) is 2.72. The number of hydrogen-bond donors (Lipinski definition) is 1. The normalized spacial score (nSPS) is 11.2. The molecule has 0 radical (unpaired) electrons. The lowest BCUT2D eigenvalue weighted by Gasteiger charge is -2.11. The van der Waals surface area contributed by atoms with Crippen LogP contribution in [0.1, 0.15) is 31.2 Å². The van der Waals surface area contributed by atoms with Crippen molar-refractivity contribution in [2.24, 2.45) is 5.10 Å². The van der Waals surface area contributed by atoms with Crippen LogP contribution in [0.2, 0.25) is 0 Å². The van der Waals surface area contributed by atoms with Crippen molar-refractivity contribution in [2.45, 2.75) is 19.8 Å². The number of amides is 1. The van der Waals surface area contributed by atoms with Gasteiger partial charge >= 0.3 is 0 Å². The van der Waals surface area contributed by atoms with Crippen LogP contribution >= 0.6 is 15.9 Å². The van der Waals surface area contributed by atoms with Gasteiger partial charge < -0.3 is 9.47 Å². The summed E-state index contributed by atoms with van der Waals surface area (Å²) in [4.78, 5) is 21.1. The molecule has 0 atom stereocenters. The molecule has 0 saturated heterocycles. The van der Waals surface area contributed by atoms with Gasteiger partial charge in [0.1, 0.15) is 11.6 Å². The first kappa shape index (κ1) is 20.7. The van der Waals surface area contributed by atoms with E-state index in [1.807, 2.05) is 56.3 Å². The molecule has 0 aliphatic carbocycles. The summed E-state index contributed by atoms with van der Waals surface area (Å²) in [5.74, 6) is 1.53. The van der Waals surface area contributed by atoms with Gasteiger partial charge in [-0.05, 0) is 48.0 Å². The molecular weight excluding hydrogens is 436 g/mol. The van der Waals surface area contributed by atoms with Crippen molar-refractivity contribution in [3.05, 3.63) is 58.3 Å². The number of aromatic nitrogens is 2. The third kappa shape index (κ3) is 5.51. The SMILES string of the molecule is COc1ccc(/C=N/NC(=O)COc2nc(C(C)C)nc3ccc(Br)cc23)cc1. The van der Waals surface area contributed by atoms with E-state index >= 15 is 0 Å². The number of hydrazone groups is 1. The lowest BCUT2D eigenvalue weighted by atomic mass is 10.2. The number of nitrogens with zero attached hydrogens (tertiary/aromatic N) is 3. The Morgan fingerprint density at radius 3 is 2.66 bits per heavy atom. The van der Waals surface area contributed by atoms with Crippen LogP contribution in [0.4, 0.5) is 0 Å². The van der Waals surface area contributed by atoms with Crippen molar-refractivity contribution >= 4 is 39.0 Å². The highest BCUT2D eigenvalue weighted by atomic mass is 79.9. The second-order valence-electron chi connectivity index (χ2n) is 6.56. The molecule has 3 rings (SSSR count). The molecule has 1 aromatic heterocycles. The highest BCUT2D eigenvalue weighted by Crippen LogP contribution is 2.27. The van der Waals surface area contributed by atoms with E-state index < -0.39 is 0 Å². The largest absolute Gasteiger partial charge is 0.497 e. The van der Waals surface area contributed by atoms with Gasteiger partial charge in [-0.1, -0.05) is 29.8 Å². The molecule has 0 saturated carbocycles. The molecule has 1 heterocycles. The average molecular weight is 457 g/mol. The highest BCUT2D eigenvalue weighted by molar-refractivity contribution is 9.10. The molecule has 1 N–H and O–H groups in total. The van der Waals surface area contributed by atoms with Gasteiger partial charge in [-0.25, -0.2) is 10.4 Å². The van der Waals surface area contributed by atoms with E-state index in [1.165, 1.54) is 0 Å². The Morgan fingerprint density at radius 2 is 1.97 bits per heavy atom. The Morgan fingerprint density at radius 1 is 1.21 bits per heavy atom. The molecule has 29 heavy (non-hydrogen) atoms.